The fraction of sp³-hybridized carbons (Fsp3) is 1.00. The summed E-state index contributed by atoms with van der Waals surface area (Å²) in [6.07, 6.45) is 2.68. The number of piperidine rings is 1. The van der Waals surface area contributed by atoms with E-state index in [2.05, 4.69) is 4.90 Å². The van der Waals surface area contributed by atoms with Crippen LogP contribution in [0.1, 0.15) is 19.8 Å². The van der Waals surface area contributed by atoms with E-state index >= 15 is 0 Å². The molecule has 2 fully saturated rings. The van der Waals surface area contributed by atoms with Gasteiger partial charge in [-0.1, -0.05) is 0 Å². The second-order valence-corrected chi connectivity index (χ2v) is 4.33. The molecule has 0 amide bonds. The van der Waals surface area contributed by atoms with Crippen molar-refractivity contribution in [2.75, 3.05) is 26.2 Å². The van der Waals surface area contributed by atoms with Gasteiger partial charge in [-0.3, -0.25) is 0 Å². The molecule has 0 aliphatic carbocycles. The Morgan fingerprint density at radius 3 is 2.54 bits per heavy atom. The summed E-state index contributed by atoms with van der Waals surface area (Å²) in [7, 11) is 0. The van der Waals surface area contributed by atoms with Gasteiger partial charge in [-0.25, -0.2) is 0 Å². The lowest BCUT2D eigenvalue weighted by molar-refractivity contribution is 0.0696. The van der Waals surface area contributed by atoms with E-state index in [1.54, 1.807) is 0 Å². The van der Waals surface area contributed by atoms with Crippen molar-refractivity contribution in [1.29, 1.82) is 0 Å². The Kier molecular flexibility index (Phi) is 2.86. The van der Waals surface area contributed by atoms with E-state index in [9.17, 15) is 5.11 Å². The van der Waals surface area contributed by atoms with Crippen LogP contribution in [0.5, 0.6) is 0 Å². The van der Waals surface area contributed by atoms with Gasteiger partial charge in [0, 0.05) is 6.54 Å². The summed E-state index contributed by atoms with van der Waals surface area (Å²) in [5.41, 5.74) is 0. The van der Waals surface area contributed by atoms with Gasteiger partial charge < -0.3 is 14.7 Å². The van der Waals surface area contributed by atoms with Crippen LogP contribution in [-0.2, 0) is 4.74 Å². The molecule has 2 rings (SSSR count). The highest BCUT2D eigenvalue weighted by molar-refractivity contribution is 4.80. The fourth-order valence-corrected chi connectivity index (χ4v) is 2.08. The zero-order valence-corrected chi connectivity index (χ0v) is 8.28. The lowest BCUT2D eigenvalue weighted by atomic mass is 9.92. The van der Waals surface area contributed by atoms with Crippen LogP contribution >= 0.6 is 0 Å². The van der Waals surface area contributed by atoms with Crippen LogP contribution in [0.3, 0.4) is 0 Å². The Morgan fingerprint density at radius 2 is 2.08 bits per heavy atom. The monoisotopic (exact) mass is 185 g/mol. The van der Waals surface area contributed by atoms with Gasteiger partial charge in [-0.15, -0.1) is 0 Å². The lowest BCUT2D eigenvalue weighted by Gasteiger charge is -2.32. The summed E-state index contributed by atoms with van der Waals surface area (Å²) in [6, 6.07) is 0. The minimum absolute atomic E-state index is 0.126. The van der Waals surface area contributed by atoms with Crippen LogP contribution in [0.25, 0.3) is 0 Å². The largest absolute Gasteiger partial charge is 0.393 e. The van der Waals surface area contributed by atoms with Crippen molar-refractivity contribution in [3.63, 3.8) is 0 Å². The third-order valence-electron chi connectivity index (χ3n) is 3.18. The molecular weight excluding hydrogens is 166 g/mol. The van der Waals surface area contributed by atoms with Crippen LogP contribution in [0, 0.1) is 5.92 Å². The van der Waals surface area contributed by atoms with E-state index in [1.807, 2.05) is 6.92 Å². The Morgan fingerprint density at radius 1 is 1.46 bits per heavy atom. The van der Waals surface area contributed by atoms with Crippen molar-refractivity contribution in [3.05, 3.63) is 0 Å². The summed E-state index contributed by atoms with van der Waals surface area (Å²) in [5.74, 6) is 0.524. The van der Waals surface area contributed by atoms with E-state index in [4.69, 9.17) is 4.74 Å². The number of hydrogen-bond acceptors (Lipinski definition) is 3. The molecule has 0 aromatic heterocycles. The standard InChI is InChI=1S/C10H19NO2/c1-8(12)9-2-4-11(5-3-9)6-10-7-13-10/h8-10,12H,2-7H2,1H3/t8?,10-/m0/s1. The number of rotatable bonds is 3. The van der Waals surface area contributed by atoms with E-state index in [0.29, 0.717) is 12.0 Å². The summed E-state index contributed by atoms with van der Waals surface area (Å²) in [4.78, 5) is 2.45. The highest BCUT2D eigenvalue weighted by Gasteiger charge is 2.28. The number of likely N-dealkylation sites (tertiary alicyclic amines) is 1. The van der Waals surface area contributed by atoms with E-state index in [-0.39, 0.29) is 6.10 Å². The molecule has 0 radical (unpaired) electrons. The van der Waals surface area contributed by atoms with Crippen LogP contribution in [-0.4, -0.2) is 48.5 Å². The predicted molar refractivity (Wildman–Crippen MR) is 50.6 cm³/mol. The topological polar surface area (TPSA) is 36.0 Å². The third kappa shape index (κ3) is 2.66. The summed E-state index contributed by atoms with van der Waals surface area (Å²) in [5, 5.41) is 9.41. The average Bonchev–Trinajstić information content (AvgIpc) is 2.89. The first-order valence-corrected chi connectivity index (χ1v) is 5.27. The second-order valence-electron chi connectivity index (χ2n) is 4.33. The highest BCUT2D eigenvalue weighted by Crippen LogP contribution is 2.22. The maximum absolute atomic E-state index is 9.41. The molecule has 3 heteroatoms. The van der Waals surface area contributed by atoms with E-state index in [1.165, 1.54) is 0 Å². The SMILES string of the molecule is CC(O)C1CCN(C[C@H]2CO2)CC1. The maximum atomic E-state index is 9.41. The molecule has 1 unspecified atom stereocenters. The number of hydrogen-bond donors (Lipinski definition) is 1. The Hall–Kier alpha value is -0.120. The Labute approximate surface area is 79.7 Å². The molecule has 2 heterocycles. The maximum Gasteiger partial charge on any atom is 0.0936 e. The van der Waals surface area contributed by atoms with Gasteiger partial charge in [0.1, 0.15) is 0 Å². The van der Waals surface area contributed by atoms with Crippen LogP contribution in [0.15, 0.2) is 0 Å². The average molecular weight is 185 g/mol. The van der Waals surface area contributed by atoms with E-state index < -0.39 is 0 Å². The molecule has 0 aromatic carbocycles. The van der Waals surface area contributed by atoms with Crippen molar-refractivity contribution in [2.45, 2.75) is 32.0 Å². The number of ether oxygens (including phenoxy) is 1. The molecule has 2 aliphatic heterocycles. The Bertz CT molecular complexity index is 160. The molecule has 76 valence electrons. The van der Waals surface area contributed by atoms with Gasteiger partial charge in [0.05, 0.1) is 18.8 Å². The van der Waals surface area contributed by atoms with Gasteiger partial charge in [-0.05, 0) is 38.8 Å². The number of epoxide rings is 1. The zero-order valence-electron chi connectivity index (χ0n) is 8.28. The second kappa shape index (κ2) is 3.95. The first kappa shape index (κ1) is 9.44. The zero-order chi connectivity index (χ0) is 9.26. The van der Waals surface area contributed by atoms with Crippen molar-refractivity contribution in [2.24, 2.45) is 5.92 Å². The van der Waals surface area contributed by atoms with Crippen molar-refractivity contribution >= 4 is 0 Å². The molecule has 0 aromatic rings. The lowest BCUT2D eigenvalue weighted by Crippen LogP contribution is -2.38. The van der Waals surface area contributed by atoms with E-state index in [0.717, 1.165) is 39.1 Å². The van der Waals surface area contributed by atoms with Crippen molar-refractivity contribution in [3.8, 4) is 0 Å². The summed E-state index contributed by atoms with van der Waals surface area (Å²) >= 11 is 0. The third-order valence-corrected chi connectivity index (χ3v) is 3.18. The number of nitrogens with zero attached hydrogens (tertiary/aromatic N) is 1. The molecule has 1 N–H and O–H groups in total. The molecule has 2 saturated heterocycles. The minimum Gasteiger partial charge on any atom is -0.393 e. The fourth-order valence-electron chi connectivity index (χ4n) is 2.08. The molecule has 2 atom stereocenters. The van der Waals surface area contributed by atoms with Gasteiger partial charge in [0.25, 0.3) is 0 Å². The molecular formula is C10H19NO2. The Balaban J connectivity index is 1.69. The first-order chi connectivity index (χ1) is 6.25. The molecule has 13 heavy (non-hydrogen) atoms. The molecule has 0 spiro atoms. The van der Waals surface area contributed by atoms with Crippen LogP contribution < -0.4 is 0 Å². The number of aliphatic hydroxyl groups is 1. The number of aliphatic hydroxyl groups excluding tert-OH is 1. The quantitative estimate of drug-likeness (QED) is 0.650. The van der Waals surface area contributed by atoms with Crippen molar-refractivity contribution in [1.82, 2.24) is 4.90 Å². The normalized spacial score (nSPS) is 33.2. The van der Waals surface area contributed by atoms with Gasteiger partial charge in [0.15, 0.2) is 0 Å². The van der Waals surface area contributed by atoms with Crippen LogP contribution in [0.2, 0.25) is 0 Å². The first-order valence-electron chi connectivity index (χ1n) is 5.27. The smallest absolute Gasteiger partial charge is 0.0936 e. The van der Waals surface area contributed by atoms with Crippen molar-refractivity contribution < 1.29 is 9.84 Å². The minimum atomic E-state index is -0.126. The van der Waals surface area contributed by atoms with Gasteiger partial charge in [0.2, 0.25) is 0 Å². The highest BCUT2D eigenvalue weighted by atomic mass is 16.6. The summed E-state index contributed by atoms with van der Waals surface area (Å²) < 4.78 is 5.19. The van der Waals surface area contributed by atoms with Gasteiger partial charge >= 0.3 is 0 Å². The molecule has 2 aliphatic rings. The van der Waals surface area contributed by atoms with Crippen LogP contribution in [0.4, 0.5) is 0 Å². The summed E-state index contributed by atoms with van der Waals surface area (Å²) in [6.45, 7) is 6.23. The predicted octanol–water partition coefficient (Wildman–Crippen LogP) is 0.478. The molecule has 0 saturated carbocycles. The van der Waals surface area contributed by atoms with Gasteiger partial charge in [-0.2, -0.15) is 0 Å². The molecule has 0 bridgehead atoms. The molecule has 3 nitrogen and oxygen atoms in total.